The fourth-order valence-corrected chi connectivity index (χ4v) is 3.81. The lowest BCUT2D eigenvalue weighted by Gasteiger charge is -2.35. The summed E-state index contributed by atoms with van der Waals surface area (Å²) < 4.78 is 2.00. The molecule has 2 aromatic heterocycles. The molecule has 1 aromatic carbocycles. The zero-order valence-corrected chi connectivity index (χ0v) is 15.6. The van der Waals surface area contributed by atoms with Crippen LogP contribution in [0.4, 0.5) is 0 Å². The summed E-state index contributed by atoms with van der Waals surface area (Å²) in [5, 5.41) is 11.5. The summed E-state index contributed by atoms with van der Waals surface area (Å²) in [5.74, 6) is 1.05. The summed E-state index contributed by atoms with van der Waals surface area (Å²) >= 11 is 0. The molecule has 0 fully saturated rings. The van der Waals surface area contributed by atoms with Crippen LogP contribution in [-0.4, -0.2) is 44.5 Å². The number of fused-ring (bicyclic) bond motifs is 2. The van der Waals surface area contributed by atoms with Gasteiger partial charge in [-0.25, -0.2) is 0 Å². The van der Waals surface area contributed by atoms with E-state index in [2.05, 4.69) is 51.6 Å². The van der Waals surface area contributed by atoms with Gasteiger partial charge in [0, 0.05) is 25.7 Å². The number of rotatable bonds is 6. The van der Waals surface area contributed by atoms with Crippen LogP contribution in [0, 0.1) is 0 Å². The minimum absolute atomic E-state index is 0.0844. The molecule has 4 rings (SSSR count). The number of aromatic nitrogens is 3. The van der Waals surface area contributed by atoms with Crippen LogP contribution < -0.4 is 5.32 Å². The minimum atomic E-state index is -0.0844. The molecule has 0 saturated heterocycles. The molecule has 0 bridgehead atoms. The number of aryl methyl sites for hydroxylation is 1. The smallest absolute Gasteiger partial charge is 0.237 e. The van der Waals surface area contributed by atoms with Crippen LogP contribution >= 0.6 is 0 Å². The van der Waals surface area contributed by atoms with Crippen molar-refractivity contribution in [3.8, 4) is 0 Å². The molecule has 140 valence electrons. The van der Waals surface area contributed by atoms with E-state index in [1.165, 1.54) is 11.1 Å². The zero-order valence-electron chi connectivity index (χ0n) is 15.6. The van der Waals surface area contributed by atoms with Gasteiger partial charge in [0.05, 0.1) is 6.04 Å². The van der Waals surface area contributed by atoms with Crippen LogP contribution in [0.25, 0.3) is 5.65 Å². The Kier molecular flexibility index (Phi) is 5.16. The van der Waals surface area contributed by atoms with Crippen LogP contribution in [-0.2, 0) is 24.2 Å². The average Bonchev–Trinajstić information content (AvgIpc) is 3.13. The Bertz CT molecular complexity index is 935. The van der Waals surface area contributed by atoms with Gasteiger partial charge in [0.15, 0.2) is 5.65 Å². The topological polar surface area (TPSA) is 62.5 Å². The number of pyridine rings is 1. The summed E-state index contributed by atoms with van der Waals surface area (Å²) in [6, 6.07) is 14.2. The lowest BCUT2D eigenvalue weighted by atomic mass is 9.93. The van der Waals surface area contributed by atoms with Crippen molar-refractivity contribution in [1.29, 1.82) is 0 Å². The molecule has 0 spiro atoms. The highest BCUT2D eigenvalue weighted by atomic mass is 16.2. The maximum atomic E-state index is 12.8. The van der Waals surface area contributed by atoms with E-state index in [0.717, 1.165) is 43.8 Å². The molecule has 3 heterocycles. The maximum absolute atomic E-state index is 12.8. The Labute approximate surface area is 159 Å². The first-order valence-electron chi connectivity index (χ1n) is 9.63. The SMILES string of the molecule is CCN1Cc2ccccc2CC1C(=O)NCCCc1nnc2ccccn12. The Morgan fingerprint density at radius 2 is 1.96 bits per heavy atom. The molecule has 3 aromatic rings. The minimum Gasteiger partial charge on any atom is -0.355 e. The standard InChI is InChI=1S/C21H25N5O/c1-2-25-15-17-9-4-3-8-16(17)14-18(25)21(27)22-12-7-11-20-24-23-19-10-5-6-13-26(19)20/h3-6,8-10,13,18H,2,7,11-12,14-15H2,1H3,(H,22,27). The van der Waals surface area contributed by atoms with Crippen LogP contribution in [0.15, 0.2) is 48.7 Å². The third kappa shape index (κ3) is 3.71. The highest BCUT2D eigenvalue weighted by Crippen LogP contribution is 2.23. The number of nitrogens with zero attached hydrogens (tertiary/aromatic N) is 4. The van der Waals surface area contributed by atoms with Gasteiger partial charge in [0.1, 0.15) is 5.82 Å². The van der Waals surface area contributed by atoms with Gasteiger partial charge in [-0.1, -0.05) is 37.3 Å². The average molecular weight is 363 g/mol. The van der Waals surface area contributed by atoms with E-state index in [0.29, 0.717) is 6.54 Å². The molecule has 1 atom stereocenters. The monoisotopic (exact) mass is 363 g/mol. The zero-order chi connectivity index (χ0) is 18.6. The van der Waals surface area contributed by atoms with Crippen molar-refractivity contribution < 1.29 is 4.79 Å². The summed E-state index contributed by atoms with van der Waals surface area (Å²) in [5.41, 5.74) is 3.48. The highest BCUT2D eigenvalue weighted by molar-refractivity contribution is 5.82. The van der Waals surface area contributed by atoms with Gasteiger partial charge in [-0.2, -0.15) is 0 Å². The number of carbonyl (C=O) groups excluding carboxylic acids is 1. The second kappa shape index (κ2) is 7.88. The van der Waals surface area contributed by atoms with E-state index in [-0.39, 0.29) is 11.9 Å². The van der Waals surface area contributed by atoms with Crippen molar-refractivity contribution in [3.05, 3.63) is 65.6 Å². The van der Waals surface area contributed by atoms with Gasteiger partial charge < -0.3 is 5.32 Å². The predicted octanol–water partition coefficient (Wildman–Crippen LogP) is 2.22. The first-order valence-corrected chi connectivity index (χ1v) is 9.63. The number of nitrogens with one attached hydrogen (secondary N) is 1. The fourth-order valence-electron chi connectivity index (χ4n) is 3.81. The highest BCUT2D eigenvalue weighted by Gasteiger charge is 2.30. The van der Waals surface area contributed by atoms with E-state index in [1.807, 2.05) is 28.8 Å². The predicted molar refractivity (Wildman–Crippen MR) is 104 cm³/mol. The Balaban J connectivity index is 1.32. The Hall–Kier alpha value is -2.73. The lowest BCUT2D eigenvalue weighted by molar-refractivity contribution is -0.127. The van der Waals surface area contributed by atoms with E-state index >= 15 is 0 Å². The summed E-state index contributed by atoms with van der Waals surface area (Å²) in [6.45, 7) is 4.48. The summed E-state index contributed by atoms with van der Waals surface area (Å²) in [6.07, 6.45) is 4.39. The molecular formula is C21H25N5O. The third-order valence-corrected chi connectivity index (χ3v) is 5.32. The van der Waals surface area contributed by atoms with Crippen molar-refractivity contribution in [1.82, 2.24) is 24.8 Å². The van der Waals surface area contributed by atoms with E-state index in [9.17, 15) is 4.79 Å². The van der Waals surface area contributed by atoms with Crippen molar-refractivity contribution in [2.45, 2.75) is 38.8 Å². The third-order valence-electron chi connectivity index (χ3n) is 5.32. The molecule has 1 unspecified atom stereocenters. The molecule has 0 saturated carbocycles. The number of likely N-dealkylation sites (N-methyl/N-ethyl adjacent to an activating group) is 1. The van der Waals surface area contributed by atoms with Gasteiger partial charge >= 0.3 is 0 Å². The van der Waals surface area contributed by atoms with E-state index in [4.69, 9.17) is 0 Å². The number of hydrogen-bond donors (Lipinski definition) is 1. The molecule has 27 heavy (non-hydrogen) atoms. The van der Waals surface area contributed by atoms with Gasteiger partial charge in [0.25, 0.3) is 0 Å². The number of carbonyl (C=O) groups is 1. The van der Waals surface area contributed by atoms with Crippen molar-refractivity contribution in [3.63, 3.8) is 0 Å². The van der Waals surface area contributed by atoms with Gasteiger partial charge in [-0.3, -0.25) is 14.1 Å². The van der Waals surface area contributed by atoms with Crippen LogP contribution in [0.2, 0.25) is 0 Å². The molecule has 1 aliphatic rings. The molecule has 1 N–H and O–H groups in total. The van der Waals surface area contributed by atoms with Crippen molar-refractivity contribution in [2.24, 2.45) is 0 Å². The summed E-state index contributed by atoms with van der Waals surface area (Å²) in [4.78, 5) is 15.0. The fraction of sp³-hybridized carbons (Fsp3) is 0.381. The van der Waals surface area contributed by atoms with Crippen molar-refractivity contribution in [2.75, 3.05) is 13.1 Å². The molecular weight excluding hydrogens is 338 g/mol. The number of hydrogen-bond acceptors (Lipinski definition) is 4. The molecule has 1 amide bonds. The summed E-state index contributed by atoms with van der Waals surface area (Å²) in [7, 11) is 0. The van der Waals surface area contributed by atoms with Gasteiger partial charge in [-0.05, 0) is 42.6 Å². The van der Waals surface area contributed by atoms with Gasteiger partial charge in [0.2, 0.25) is 5.91 Å². The first-order chi connectivity index (χ1) is 13.3. The van der Waals surface area contributed by atoms with Crippen LogP contribution in [0.3, 0.4) is 0 Å². The first kappa shape index (κ1) is 17.7. The molecule has 6 nitrogen and oxygen atoms in total. The molecule has 1 aliphatic heterocycles. The Morgan fingerprint density at radius 1 is 1.15 bits per heavy atom. The van der Waals surface area contributed by atoms with Gasteiger partial charge in [-0.15, -0.1) is 10.2 Å². The van der Waals surface area contributed by atoms with Crippen molar-refractivity contribution >= 4 is 11.6 Å². The number of benzene rings is 1. The second-order valence-electron chi connectivity index (χ2n) is 6.99. The largest absolute Gasteiger partial charge is 0.355 e. The Morgan fingerprint density at radius 3 is 2.81 bits per heavy atom. The van der Waals surface area contributed by atoms with Crippen LogP contribution in [0.1, 0.15) is 30.3 Å². The van der Waals surface area contributed by atoms with Crippen LogP contribution in [0.5, 0.6) is 0 Å². The van der Waals surface area contributed by atoms with E-state index < -0.39 is 0 Å². The molecule has 0 radical (unpaired) electrons. The lowest BCUT2D eigenvalue weighted by Crippen LogP contribution is -2.50. The normalized spacial score (nSPS) is 17.0. The molecule has 0 aliphatic carbocycles. The molecule has 6 heteroatoms. The van der Waals surface area contributed by atoms with E-state index in [1.54, 1.807) is 0 Å². The maximum Gasteiger partial charge on any atom is 0.237 e. The second-order valence-corrected chi connectivity index (χ2v) is 6.99. The number of amides is 1. The quantitative estimate of drug-likeness (QED) is 0.682.